The molecule has 0 fully saturated rings. The molecule has 4 aromatic rings. The van der Waals surface area contributed by atoms with E-state index in [2.05, 4.69) is 4.99 Å². The van der Waals surface area contributed by atoms with Crippen LogP contribution >= 0.6 is 0 Å². The van der Waals surface area contributed by atoms with Gasteiger partial charge in [-0.3, -0.25) is 38.7 Å². The van der Waals surface area contributed by atoms with Crippen molar-refractivity contribution in [3.8, 4) is 5.69 Å². The summed E-state index contributed by atoms with van der Waals surface area (Å²) in [5.74, 6) is -0.344. The second kappa shape index (κ2) is 10.8. The molecule has 4 rings (SSSR count). The van der Waals surface area contributed by atoms with Gasteiger partial charge in [0.05, 0.1) is 28.8 Å². The molecule has 0 radical (unpaired) electrons. The lowest BCUT2D eigenvalue weighted by Crippen LogP contribution is -2.44. The van der Waals surface area contributed by atoms with Crippen LogP contribution in [0.5, 0.6) is 0 Å². The Bertz CT molecular complexity index is 1830. The average Bonchev–Trinajstić information content (AvgIpc) is 3.13. The summed E-state index contributed by atoms with van der Waals surface area (Å²) < 4.78 is 45.2. The Balaban J connectivity index is 2.00. The molecule has 40 heavy (non-hydrogen) atoms. The molecule has 0 aliphatic heterocycles. The number of benzene rings is 2. The van der Waals surface area contributed by atoms with Gasteiger partial charge in [0.2, 0.25) is 0 Å². The zero-order valence-corrected chi connectivity index (χ0v) is 21.7. The fourth-order valence-corrected chi connectivity index (χ4v) is 4.48. The van der Waals surface area contributed by atoms with E-state index in [0.717, 1.165) is 21.4 Å². The fraction of sp³-hybridized carbons (Fsp3) is 0.269. The maximum atomic E-state index is 13.7. The van der Waals surface area contributed by atoms with Crippen molar-refractivity contribution in [1.82, 2.24) is 23.7 Å². The quantitative estimate of drug-likeness (QED) is 0.117. The first-order valence-corrected chi connectivity index (χ1v) is 12.0. The molecule has 2 N–H and O–H groups in total. The summed E-state index contributed by atoms with van der Waals surface area (Å²) in [5, 5.41) is 9.73. The number of imidazole rings is 1. The highest BCUT2D eigenvalue weighted by molar-refractivity contribution is 5.97. The number of carbonyl (C=O) groups is 1. The van der Waals surface area contributed by atoms with E-state index in [0.29, 0.717) is 17.3 Å². The molecule has 11 nitrogen and oxygen atoms in total. The highest BCUT2D eigenvalue weighted by atomic mass is 19.4. The van der Waals surface area contributed by atoms with Crippen molar-refractivity contribution in [2.45, 2.75) is 26.1 Å². The number of halogens is 3. The first-order chi connectivity index (χ1) is 18.9. The summed E-state index contributed by atoms with van der Waals surface area (Å²) in [6.07, 6.45) is -2.94. The largest absolute Gasteiger partial charge is 0.416 e. The van der Waals surface area contributed by atoms with E-state index in [9.17, 15) is 37.6 Å². The van der Waals surface area contributed by atoms with Gasteiger partial charge in [0, 0.05) is 33.3 Å². The molecule has 0 aliphatic rings. The number of fused-ring (bicyclic) bond motifs is 1. The molecule has 2 aromatic heterocycles. The highest BCUT2D eigenvalue weighted by Gasteiger charge is 2.33. The van der Waals surface area contributed by atoms with E-state index >= 15 is 0 Å². The van der Waals surface area contributed by atoms with Crippen LogP contribution in [0.4, 0.5) is 13.2 Å². The normalized spacial score (nSPS) is 12.2. The second-order valence-electron chi connectivity index (χ2n) is 9.05. The van der Waals surface area contributed by atoms with Gasteiger partial charge in [-0.15, -0.1) is 0 Å². The Kier molecular flexibility index (Phi) is 7.64. The summed E-state index contributed by atoms with van der Waals surface area (Å²) in [6, 6.07) is 8.15. The Morgan fingerprint density at radius 3 is 2.40 bits per heavy atom. The van der Waals surface area contributed by atoms with Gasteiger partial charge in [-0.05, 0) is 42.3 Å². The van der Waals surface area contributed by atoms with E-state index in [1.807, 2.05) is 0 Å². The number of hydroxylamine groups is 1. The third-order valence-electron chi connectivity index (χ3n) is 6.66. The van der Waals surface area contributed by atoms with Crippen LogP contribution < -0.4 is 22.4 Å². The number of hydrogen-bond donors (Lipinski definition) is 2. The van der Waals surface area contributed by atoms with Crippen LogP contribution in [-0.2, 0) is 31.6 Å². The lowest BCUT2D eigenvalue weighted by Gasteiger charge is -2.17. The van der Waals surface area contributed by atoms with Crippen molar-refractivity contribution >= 4 is 23.2 Å². The van der Waals surface area contributed by atoms with E-state index in [-0.39, 0.29) is 46.9 Å². The van der Waals surface area contributed by atoms with Crippen molar-refractivity contribution in [3.05, 3.63) is 96.2 Å². The number of aldehydes is 1. The van der Waals surface area contributed by atoms with Gasteiger partial charge >= 0.3 is 17.6 Å². The molecule has 0 unspecified atom stereocenters. The van der Waals surface area contributed by atoms with Gasteiger partial charge in [-0.1, -0.05) is 12.1 Å². The predicted octanol–water partition coefficient (Wildman–Crippen LogP) is 1.88. The first-order valence-electron chi connectivity index (χ1n) is 12.0. The van der Waals surface area contributed by atoms with Crippen LogP contribution in [0.2, 0.25) is 0 Å². The first kappa shape index (κ1) is 28.3. The maximum Gasteiger partial charge on any atom is 0.416 e. The molecule has 0 saturated heterocycles. The number of carbonyl (C=O) groups excluding carboxylic acids is 1. The van der Waals surface area contributed by atoms with Crippen LogP contribution in [0.15, 0.2) is 62.0 Å². The third kappa shape index (κ3) is 5.00. The molecular weight excluding hydrogens is 533 g/mol. The number of alkyl halides is 3. The van der Waals surface area contributed by atoms with Gasteiger partial charge in [0.25, 0.3) is 5.56 Å². The van der Waals surface area contributed by atoms with Crippen LogP contribution in [0.25, 0.3) is 16.7 Å². The summed E-state index contributed by atoms with van der Waals surface area (Å²) in [4.78, 5) is 54.3. The Hall–Kier alpha value is -4.72. The minimum absolute atomic E-state index is 0.0128. The van der Waals surface area contributed by atoms with Crippen LogP contribution in [0, 0.1) is 6.92 Å². The fourth-order valence-electron chi connectivity index (χ4n) is 4.48. The SMILES string of the molecule is Cc1c(Cn2c(=O)c(C(=NCCC=O)NO)cn(-c3ccc4c(c3)n(C)c(=O)n4C)c2=O)cccc1C(F)(F)F. The highest BCUT2D eigenvalue weighted by Crippen LogP contribution is 2.33. The van der Waals surface area contributed by atoms with Gasteiger partial charge in [-0.25, -0.2) is 9.59 Å². The summed E-state index contributed by atoms with van der Waals surface area (Å²) in [5.41, 5.74) is -0.283. The van der Waals surface area contributed by atoms with Crippen LogP contribution in [-0.4, -0.2) is 42.1 Å². The molecule has 210 valence electrons. The van der Waals surface area contributed by atoms with E-state index in [4.69, 9.17) is 0 Å². The number of hydrogen-bond acceptors (Lipinski definition) is 6. The van der Waals surface area contributed by atoms with Crippen molar-refractivity contribution < 1.29 is 23.2 Å². The van der Waals surface area contributed by atoms with Gasteiger partial charge in [0.15, 0.2) is 5.84 Å². The molecule has 0 amide bonds. The Labute approximate surface area is 224 Å². The molecule has 2 heterocycles. The van der Waals surface area contributed by atoms with Crippen molar-refractivity contribution in [1.29, 1.82) is 0 Å². The van der Waals surface area contributed by atoms with E-state index in [1.54, 1.807) is 31.7 Å². The number of aliphatic imine (C=N–C) groups is 1. The summed E-state index contributed by atoms with van der Waals surface area (Å²) in [6.45, 7) is 0.646. The minimum atomic E-state index is -4.65. The Morgan fingerprint density at radius 1 is 1.05 bits per heavy atom. The number of aromatic nitrogens is 4. The molecule has 0 spiro atoms. The maximum absolute atomic E-state index is 13.7. The molecule has 0 saturated carbocycles. The summed E-state index contributed by atoms with van der Waals surface area (Å²) >= 11 is 0. The number of nitrogens with one attached hydrogen (secondary N) is 1. The van der Waals surface area contributed by atoms with Gasteiger partial charge < -0.3 is 4.79 Å². The lowest BCUT2D eigenvalue weighted by molar-refractivity contribution is -0.138. The van der Waals surface area contributed by atoms with Crippen molar-refractivity contribution in [2.75, 3.05) is 6.54 Å². The zero-order valence-electron chi connectivity index (χ0n) is 21.7. The number of nitrogens with zero attached hydrogens (tertiary/aromatic N) is 5. The number of aryl methyl sites for hydroxylation is 2. The second-order valence-corrected chi connectivity index (χ2v) is 9.05. The molecule has 2 aromatic carbocycles. The minimum Gasteiger partial charge on any atom is -0.303 e. The molecular formula is C26H25F3N6O5. The molecule has 14 heteroatoms. The van der Waals surface area contributed by atoms with E-state index < -0.39 is 29.5 Å². The molecule has 0 atom stereocenters. The van der Waals surface area contributed by atoms with Crippen LogP contribution in [0.1, 0.15) is 28.7 Å². The monoisotopic (exact) mass is 558 g/mol. The molecule has 0 bridgehead atoms. The predicted molar refractivity (Wildman–Crippen MR) is 140 cm³/mol. The van der Waals surface area contributed by atoms with E-state index in [1.165, 1.54) is 34.3 Å². The van der Waals surface area contributed by atoms with Crippen molar-refractivity contribution in [2.24, 2.45) is 19.1 Å². The number of amidine groups is 1. The smallest absolute Gasteiger partial charge is 0.303 e. The Morgan fingerprint density at radius 2 is 1.75 bits per heavy atom. The van der Waals surface area contributed by atoms with Crippen molar-refractivity contribution in [3.63, 3.8) is 0 Å². The standard InChI is InChI=1S/C26H25F3N6O5/c1-15-16(6-4-7-19(15)26(27,28)29)13-35-23(37)18(22(31-40)30-10-5-11-36)14-34(25(35)39)17-8-9-20-21(12-17)33(3)24(38)32(20)2/h4,6-9,11-12,14,40H,5,10,13H2,1-3H3,(H,30,31). The third-order valence-corrected chi connectivity index (χ3v) is 6.66. The van der Waals surface area contributed by atoms with Crippen LogP contribution in [0.3, 0.4) is 0 Å². The zero-order chi connectivity index (χ0) is 29.4. The summed E-state index contributed by atoms with van der Waals surface area (Å²) in [7, 11) is 3.13. The number of rotatable bonds is 7. The van der Waals surface area contributed by atoms with Gasteiger partial charge in [-0.2, -0.15) is 13.2 Å². The topological polar surface area (TPSA) is 133 Å². The van der Waals surface area contributed by atoms with Gasteiger partial charge in [0.1, 0.15) is 11.8 Å². The average molecular weight is 559 g/mol. The lowest BCUT2D eigenvalue weighted by atomic mass is 10.0. The molecule has 0 aliphatic carbocycles.